The van der Waals surface area contributed by atoms with Crippen LogP contribution in [-0.2, 0) is 14.2 Å². The van der Waals surface area contributed by atoms with Crippen molar-refractivity contribution >= 4 is 5.97 Å². The first-order valence-corrected chi connectivity index (χ1v) is 6.76. The van der Waals surface area contributed by atoms with Crippen LogP contribution in [0.1, 0.15) is 15.9 Å². The van der Waals surface area contributed by atoms with Crippen LogP contribution in [0, 0.1) is 6.92 Å². The Hall–Kier alpha value is -1.63. The van der Waals surface area contributed by atoms with Crippen molar-refractivity contribution in [2.45, 2.75) is 6.92 Å². The summed E-state index contributed by atoms with van der Waals surface area (Å²) in [5.74, 6) is -0.276. The Morgan fingerprint density at radius 1 is 1.05 bits per heavy atom. The molecule has 0 amide bonds. The highest BCUT2D eigenvalue weighted by Gasteiger charge is 2.06. The summed E-state index contributed by atoms with van der Waals surface area (Å²) in [6, 6.07) is 4.77. The van der Waals surface area contributed by atoms with E-state index >= 15 is 0 Å². The standard InChI is InChI=1S/C15H22O6/c1-12-11-13(15(16)17)3-4-14(12)21-10-9-20-8-7-19-6-5-18-2/h3-4,11H,5-10H2,1-2H3,(H,16,17). The molecule has 1 rings (SSSR count). The van der Waals surface area contributed by atoms with Crippen molar-refractivity contribution < 1.29 is 28.8 Å². The van der Waals surface area contributed by atoms with E-state index in [0.29, 0.717) is 45.4 Å². The van der Waals surface area contributed by atoms with Gasteiger partial charge in [0, 0.05) is 7.11 Å². The van der Waals surface area contributed by atoms with Crippen molar-refractivity contribution in [3.8, 4) is 5.75 Å². The number of aryl methyl sites for hydroxylation is 1. The van der Waals surface area contributed by atoms with Gasteiger partial charge in [0.05, 0.1) is 38.6 Å². The highest BCUT2D eigenvalue weighted by molar-refractivity contribution is 5.88. The molecule has 0 saturated heterocycles. The van der Waals surface area contributed by atoms with Gasteiger partial charge in [0.1, 0.15) is 12.4 Å². The summed E-state index contributed by atoms with van der Waals surface area (Å²) in [5.41, 5.74) is 1.04. The predicted molar refractivity (Wildman–Crippen MR) is 77.1 cm³/mol. The van der Waals surface area contributed by atoms with Gasteiger partial charge in [0.15, 0.2) is 0 Å². The lowest BCUT2D eigenvalue weighted by atomic mass is 10.1. The second-order valence-electron chi connectivity index (χ2n) is 4.35. The molecule has 118 valence electrons. The molecule has 0 bridgehead atoms. The fourth-order valence-electron chi connectivity index (χ4n) is 1.62. The summed E-state index contributed by atoms with van der Waals surface area (Å²) in [6.07, 6.45) is 0. The number of rotatable bonds is 11. The van der Waals surface area contributed by atoms with Crippen LogP contribution in [0.2, 0.25) is 0 Å². The second-order valence-corrected chi connectivity index (χ2v) is 4.35. The summed E-state index contributed by atoms with van der Waals surface area (Å²) in [5, 5.41) is 8.87. The lowest BCUT2D eigenvalue weighted by molar-refractivity contribution is 0.0179. The Balaban J connectivity index is 2.14. The molecule has 1 aromatic carbocycles. The summed E-state index contributed by atoms with van der Waals surface area (Å²) in [4.78, 5) is 10.8. The van der Waals surface area contributed by atoms with E-state index in [-0.39, 0.29) is 5.56 Å². The van der Waals surface area contributed by atoms with Crippen LogP contribution in [0.25, 0.3) is 0 Å². The maximum Gasteiger partial charge on any atom is 0.335 e. The van der Waals surface area contributed by atoms with Gasteiger partial charge in [-0.25, -0.2) is 4.79 Å². The number of ether oxygens (including phenoxy) is 4. The molecule has 1 N–H and O–H groups in total. The van der Waals surface area contributed by atoms with Gasteiger partial charge < -0.3 is 24.1 Å². The molecule has 0 saturated carbocycles. The summed E-state index contributed by atoms with van der Waals surface area (Å²) in [7, 11) is 1.63. The Morgan fingerprint density at radius 2 is 1.67 bits per heavy atom. The molecule has 6 heteroatoms. The maximum absolute atomic E-state index is 10.8. The average Bonchev–Trinajstić information content (AvgIpc) is 2.46. The van der Waals surface area contributed by atoms with Crippen molar-refractivity contribution in [3.63, 3.8) is 0 Å². The lowest BCUT2D eigenvalue weighted by Crippen LogP contribution is -2.12. The molecule has 0 aromatic heterocycles. The molecular weight excluding hydrogens is 276 g/mol. The smallest absolute Gasteiger partial charge is 0.335 e. The minimum Gasteiger partial charge on any atom is -0.491 e. The third-order valence-corrected chi connectivity index (χ3v) is 2.71. The first-order valence-electron chi connectivity index (χ1n) is 6.76. The van der Waals surface area contributed by atoms with Gasteiger partial charge in [-0.05, 0) is 30.7 Å². The Labute approximate surface area is 124 Å². The van der Waals surface area contributed by atoms with Crippen LogP contribution in [-0.4, -0.2) is 57.8 Å². The Morgan fingerprint density at radius 3 is 2.24 bits per heavy atom. The molecule has 0 aliphatic carbocycles. The van der Waals surface area contributed by atoms with E-state index in [4.69, 9.17) is 24.1 Å². The zero-order chi connectivity index (χ0) is 15.5. The number of hydrogen-bond acceptors (Lipinski definition) is 5. The largest absolute Gasteiger partial charge is 0.491 e. The first kappa shape index (κ1) is 17.4. The average molecular weight is 298 g/mol. The third kappa shape index (κ3) is 7.08. The van der Waals surface area contributed by atoms with Gasteiger partial charge in [0.2, 0.25) is 0 Å². The third-order valence-electron chi connectivity index (χ3n) is 2.71. The second kappa shape index (κ2) is 10.1. The van der Waals surface area contributed by atoms with Crippen molar-refractivity contribution in [3.05, 3.63) is 29.3 Å². The summed E-state index contributed by atoms with van der Waals surface area (Å²) >= 11 is 0. The minimum absolute atomic E-state index is 0.254. The van der Waals surface area contributed by atoms with E-state index in [1.54, 1.807) is 19.2 Å². The highest BCUT2D eigenvalue weighted by Crippen LogP contribution is 2.19. The van der Waals surface area contributed by atoms with Crippen LogP contribution >= 0.6 is 0 Å². The molecule has 21 heavy (non-hydrogen) atoms. The molecule has 0 fully saturated rings. The number of hydrogen-bond donors (Lipinski definition) is 1. The molecule has 0 radical (unpaired) electrons. The highest BCUT2D eigenvalue weighted by atomic mass is 16.6. The number of benzene rings is 1. The van der Waals surface area contributed by atoms with Crippen molar-refractivity contribution in [1.82, 2.24) is 0 Å². The topological polar surface area (TPSA) is 74.2 Å². The van der Waals surface area contributed by atoms with E-state index in [9.17, 15) is 4.79 Å². The molecule has 0 unspecified atom stereocenters. The van der Waals surface area contributed by atoms with Gasteiger partial charge >= 0.3 is 5.97 Å². The van der Waals surface area contributed by atoms with Crippen molar-refractivity contribution in [1.29, 1.82) is 0 Å². The van der Waals surface area contributed by atoms with E-state index in [2.05, 4.69) is 0 Å². The van der Waals surface area contributed by atoms with Crippen molar-refractivity contribution in [2.75, 3.05) is 46.8 Å². The molecule has 6 nitrogen and oxygen atoms in total. The SMILES string of the molecule is COCCOCCOCCOc1ccc(C(=O)O)cc1C. The van der Waals surface area contributed by atoms with E-state index in [1.165, 1.54) is 6.07 Å². The van der Waals surface area contributed by atoms with Gasteiger partial charge in [-0.1, -0.05) is 0 Å². The van der Waals surface area contributed by atoms with Gasteiger partial charge in [0.25, 0.3) is 0 Å². The maximum atomic E-state index is 10.8. The zero-order valence-corrected chi connectivity index (χ0v) is 12.5. The normalized spacial score (nSPS) is 10.6. The molecule has 0 aliphatic rings. The molecular formula is C15H22O6. The number of carboxylic acid groups (broad SMARTS) is 1. The molecule has 0 spiro atoms. The Kier molecular flexibility index (Phi) is 8.42. The Bertz CT molecular complexity index is 432. The van der Waals surface area contributed by atoms with Crippen molar-refractivity contribution in [2.24, 2.45) is 0 Å². The lowest BCUT2D eigenvalue weighted by Gasteiger charge is -2.10. The molecule has 1 aromatic rings. The number of methoxy groups -OCH3 is 1. The fourth-order valence-corrected chi connectivity index (χ4v) is 1.62. The monoisotopic (exact) mass is 298 g/mol. The zero-order valence-electron chi connectivity index (χ0n) is 12.5. The van der Waals surface area contributed by atoms with Crippen LogP contribution in [0.15, 0.2) is 18.2 Å². The number of aromatic carboxylic acids is 1. The predicted octanol–water partition coefficient (Wildman–Crippen LogP) is 1.75. The van der Waals surface area contributed by atoms with Gasteiger partial charge in [-0.2, -0.15) is 0 Å². The van der Waals surface area contributed by atoms with Crippen LogP contribution in [0.4, 0.5) is 0 Å². The van der Waals surface area contributed by atoms with Crippen LogP contribution in [0.3, 0.4) is 0 Å². The number of carboxylic acids is 1. The molecule has 0 atom stereocenters. The number of carbonyl (C=O) groups is 1. The first-order chi connectivity index (χ1) is 10.1. The van der Waals surface area contributed by atoms with Crippen LogP contribution in [0.5, 0.6) is 5.75 Å². The summed E-state index contributed by atoms with van der Waals surface area (Å²) < 4.78 is 21.0. The van der Waals surface area contributed by atoms with E-state index in [1.807, 2.05) is 6.92 Å². The van der Waals surface area contributed by atoms with E-state index in [0.717, 1.165) is 5.56 Å². The van der Waals surface area contributed by atoms with Gasteiger partial charge in [-0.15, -0.1) is 0 Å². The minimum atomic E-state index is -0.943. The quantitative estimate of drug-likeness (QED) is 0.627. The molecule has 0 aliphatic heterocycles. The van der Waals surface area contributed by atoms with E-state index < -0.39 is 5.97 Å². The summed E-state index contributed by atoms with van der Waals surface area (Å²) in [6.45, 7) is 4.84. The molecule has 0 heterocycles. The van der Waals surface area contributed by atoms with Gasteiger partial charge in [-0.3, -0.25) is 0 Å². The fraction of sp³-hybridized carbons (Fsp3) is 0.533. The van der Waals surface area contributed by atoms with Crippen LogP contribution < -0.4 is 4.74 Å².